The molecule has 1 aromatic carbocycles. The van der Waals surface area contributed by atoms with Crippen molar-refractivity contribution in [1.29, 1.82) is 0 Å². The molecule has 1 unspecified atom stereocenters. The van der Waals surface area contributed by atoms with Crippen LogP contribution in [0.3, 0.4) is 0 Å². The van der Waals surface area contributed by atoms with Gasteiger partial charge in [-0.1, -0.05) is 6.07 Å². The van der Waals surface area contributed by atoms with Gasteiger partial charge in [0.15, 0.2) is 0 Å². The molecule has 4 rings (SSSR count). The Morgan fingerprint density at radius 3 is 2.38 bits per heavy atom. The van der Waals surface area contributed by atoms with Crippen LogP contribution < -0.4 is 10.2 Å². The number of anilines is 1. The lowest BCUT2D eigenvalue weighted by Crippen LogP contribution is -2.36. The highest BCUT2D eigenvalue weighted by Crippen LogP contribution is 2.35. The van der Waals surface area contributed by atoms with Crippen molar-refractivity contribution in [1.82, 2.24) is 14.8 Å². The van der Waals surface area contributed by atoms with Gasteiger partial charge in [-0.15, -0.1) is 0 Å². The zero-order valence-electron chi connectivity index (χ0n) is 20.5. The Kier molecular flexibility index (Phi) is 7.91. The molecule has 2 aliphatic heterocycles. The van der Waals surface area contributed by atoms with Gasteiger partial charge >= 0.3 is 0 Å². The van der Waals surface area contributed by atoms with E-state index in [1.165, 1.54) is 24.9 Å². The minimum Gasteiger partial charge on any atom is -0.371 e. The van der Waals surface area contributed by atoms with Crippen LogP contribution in [0, 0.1) is 11.8 Å². The third-order valence-corrected chi connectivity index (χ3v) is 7.96. The van der Waals surface area contributed by atoms with E-state index in [2.05, 4.69) is 33.0 Å². The minimum absolute atomic E-state index is 0.0441. The van der Waals surface area contributed by atoms with Gasteiger partial charge in [0.25, 0.3) is 0 Å². The van der Waals surface area contributed by atoms with Crippen molar-refractivity contribution in [3.8, 4) is 0 Å². The van der Waals surface area contributed by atoms with Crippen LogP contribution in [0.2, 0.25) is 0 Å². The predicted octanol–water partition coefficient (Wildman–Crippen LogP) is 3.46. The molecule has 1 aromatic heterocycles. The molecule has 34 heavy (non-hydrogen) atoms. The molecule has 0 spiro atoms. The van der Waals surface area contributed by atoms with E-state index in [0.717, 1.165) is 80.0 Å². The van der Waals surface area contributed by atoms with Gasteiger partial charge in [0.2, 0.25) is 12.3 Å². The number of hydrogen-bond acceptors (Lipinski definition) is 4. The molecule has 2 fully saturated rings. The highest BCUT2D eigenvalue weighted by atomic mass is 16.2. The third kappa shape index (κ3) is 5.29. The van der Waals surface area contributed by atoms with Crippen LogP contribution in [0.5, 0.6) is 0 Å². The number of likely N-dealkylation sites (tertiary alicyclic amines) is 1. The van der Waals surface area contributed by atoms with E-state index in [0.29, 0.717) is 12.8 Å². The lowest BCUT2D eigenvalue weighted by Gasteiger charge is -2.37. The van der Waals surface area contributed by atoms with E-state index in [1.807, 2.05) is 18.1 Å². The summed E-state index contributed by atoms with van der Waals surface area (Å²) in [6, 6.07) is 6.57. The first-order valence-electron chi connectivity index (χ1n) is 12.7. The van der Waals surface area contributed by atoms with Crippen molar-refractivity contribution in [3.63, 3.8) is 0 Å². The zero-order valence-corrected chi connectivity index (χ0v) is 20.5. The zero-order chi connectivity index (χ0) is 24.1. The number of fused-ring (bicyclic) bond motifs is 1. The molecule has 0 saturated carbocycles. The fraction of sp³-hybridized carbons (Fsp3) is 0.593. The number of hydrogen-bond donors (Lipinski definition) is 1. The van der Waals surface area contributed by atoms with Gasteiger partial charge in [0.1, 0.15) is 6.29 Å². The quantitative estimate of drug-likeness (QED) is 0.575. The summed E-state index contributed by atoms with van der Waals surface area (Å²) in [5.41, 5.74) is 3.35. The summed E-state index contributed by atoms with van der Waals surface area (Å²) in [5, 5.41) is 3.84. The lowest BCUT2D eigenvalue weighted by molar-refractivity contribution is -0.122. The van der Waals surface area contributed by atoms with Gasteiger partial charge in [-0.2, -0.15) is 0 Å². The lowest BCUT2D eigenvalue weighted by atomic mass is 9.83. The maximum Gasteiger partial charge on any atom is 0.227 e. The van der Waals surface area contributed by atoms with Crippen LogP contribution in [0.1, 0.15) is 56.4 Å². The van der Waals surface area contributed by atoms with Crippen molar-refractivity contribution in [2.24, 2.45) is 18.9 Å². The Morgan fingerprint density at radius 1 is 1.09 bits per heavy atom. The topological polar surface area (TPSA) is 74.7 Å². The molecule has 2 amide bonds. The van der Waals surface area contributed by atoms with Gasteiger partial charge in [0, 0.05) is 64.0 Å². The standard InChI is InChI=1S/C27H38N4O3/c1-28-27(34)24(4-3-15-32)25-18-29(2)26-17-22(5-6-23(25)26)31-13-9-21(10-14-31)16-20-7-11-30(19-33)12-8-20/h5-6,15,17-21,24H,3-4,7-14,16H2,1-2H3,(H,28,34). The predicted molar refractivity (Wildman–Crippen MR) is 135 cm³/mol. The highest BCUT2D eigenvalue weighted by Gasteiger charge is 2.27. The van der Waals surface area contributed by atoms with Crippen LogP contribution in [0.4, 0.5) is 5.69 Å². The van der Waals surface area contributed by atoms with Gasteiger partial charge in [-0.25, -0.2) is 0 Å². The Morgan fingerprint density at radius 2 is 1.76 bits per heavy atom. The Labute approximate surface area is 202 Å². The SMILES string of the molecule is CNC(=O)C(CCC=O)c1cn(C)c2cc(N3CCC(CC4CCN(C=O)CC4)CC3)ccc12. The summed E-state index contributed by atoms with van der Waals surface area (Å²) in [5.74, 6) is 1.18. The number of likely N-dealkylation sites (N-methyl/N-ethyl adjacent to an activating group) is 1. The van der Waals surface area contributed by atoms with Crippen molar-refractivity contribution in [2.45, 2.75) is 50.9 Å². The summed E-state index contributed by atoms with van der Waals surface area (Å²) in [7, 11) is 3.68. The van der Waals surface area contributed by atoms with Crippen LogP contribution >= 0.6 is 0 Å². The van der Waals surface area contributed by atoms with Crippen LogP contribution in [0.25, 0.3) is 10.9 Å². The van der Waals surface area contributed by atoms with Crippen molar-refractivity contribution >= 4 is 35.2 Å². The first-order chi connectivity index (χ1) is 16.5. The Bertz CT molecular complexity index is 1000. The summed E-state index contributed by atoms with van der Waals surface area (Å²) >= 11 is 0. The number of aldehydes is 1. The number of piperidine rings is 2. The average molecular weight is 467 g/mol. The molecule has 0 aliphatic carbocycles. The molecule has 7 nitrogen and oxygen atoms in total. The van der Waals surface area contributed by atoms with Gasteiger partial charge < -0.3 is 24.5 Å². The largest absolute Gasteiger partial charge is 0.371 e. The Balaban J connectivity index is 1.41. The van der Waals surface area contributed by atoms with Gasteiger partial charge in [-0.3, -0.25) is 9.59 Å². The van der Waals surface area contributed by atoms with Crippen molar-refractivity contribution in [2.75, 3.05) is 38.1 Å². The monoisotopic (exact) mass is 466 g/mol. The molecule has 184 valence electrons. The van der Waals surface area contributed by atoms with E-state index in [-0.39, 0.29) is 11.8 Å². The van der Waals surface area contributed by atoms with Crippen LogP contribution in [0.15, 0.2) is 24.4 Å². The summed E-state index contributed by atoms with van der Waals surface area (Å²) in [6.07, 6.45) is 10.8. The van der Waals surface area contributed by atoms with E-state index in [4.69, 9.17) is 0 Å². The second-order valence-electron chi connectivity index (χ2n) is 10.1. The molecule has 1 N–H and O–H groups in total. The van der Waals surface area contributed by atoms with E-state index < -0.39 is 0 Å². The van der Waals surface area contributed by atoms with E-state index >= 15 is 0 Å². The number of carbonyl (C=O) groups excluding carboxylic acids is 3. The minimum atomic E-state index is -0.320. The number of aromatic nitrogens is 1. The van der Waals surface area contributed by atoms with Crippen molar-refractivity contribution < 1.29 is 14.4 Å². The number of nitrogens with zero attached hydrogens (tertiary/aromatic N) is 3. The van der Waals surface area contributed by atoms with Crippen molar-refractivity contribution in [3.05, 3.63) is 30.0 Å². The first-order valence-corrected chi connectivity index (χ1v) is 12.7. The number of benzene rings is 1. The molecule has 2 aliphatic rings. The summed E-state index contributed by atoms with van der Waals surface area (Å²) in [6.45, 7) is 3.98. The van der Waals surface area contributed by atoms with E-state index in [1.54, 1.807) is 7.05 Å². The van der Waals surface area contributed by atoms with Crippen LogP contribution in [-0.4, -0.2) is 61.3 Å². The summed E-state index contributed by atoms with van der Waals surface area (Å²) in [4.78, 5) is 38.8. The number of rotatable bonds is 9. The first kappa shape index (κ1) is 24.3. The highest BCUT2D eigenvalue weighted by molar-refractivity contribution is 5.93. The second kappa shape index (κ2) is 11.1. The Hall–Kier alpha value is -2.83. The smallest absolute Gasteiger partial charge is 0.227 e. The molecule has 2 saturated heterocycles. The third-order valence-electron chi connectivity index (χ3n) is 7.96. The molecule has 0 bridgehead atoms. The maximum absolute atomic E-state index is 12.5. The van der Waals surface area contributed by atoms with E-state index in [9.17, 15) is 14.4 Å². The van der Waals surface area contributed by atoms with Crippen LogP contribution in [-0.2, 0) is 21.4 Å². The number of aryl methyl sites for hydroxylation is 1. The fourth-order valence-corrected chi connectivity index (χ4v) is 5.91. The number of nitrogens with one attached hydrogen (secondary N) is 1. The molecule has 2 aromatic rings. The summed E-state index contributed by atoms with van der Waals surface area (Å²) < 4.78 is 2.10. The molecule has 3 heterocycles. The fourth-order valence-electron chi connectivity index (χ4n) is 5.91. The average Bonchev–Trinajstić information content (AvgIpc) is 3.20. The molecule has 1 atom stereocenters. The number of amides is 2. The second-order valence-corrected chi connectivity index (χ2v) is 10.1. The molecule has 7 heteroatoms. The maximum atomic E-state index is 12.5. The molecular formula is C27H38N4O3. The molecular weight excluding hydrogens is 428 g/mol. The van der Waals surface area contributed by atoms with Gasteiger partial charge in [-0.05, 0) is 68.1 Å². The normalized spacial score (nSPS) is 18.8. The molecule has 0 radical (unpaired) electrons. The van der Waals surface area contributed by atoms with Gasteiger partial charge in [0.05, 0.1) is 11.4 Å². The number of carbonyl (C=O) groups is 3.